The average molecular weight is 298 g/mol. The van der Waals surface area contributed by atoms with Crippen LogP contribution in [0.15, 0.2) is 6.07 Å². The molecule has 0 amide bonds. The summed E-state index contributed by atoms with van der Waals surface area (Å²) in [5.41, 5.74) is 0.117. The highest BCUT2D eigenvalue weighted by molar-refractivity contribution is 7.16. The third kappa shape index (κ3) is 2.96. The van der Waals surface area contributed by atoms with E-state index in [-0.39, 0.29) is 10.6 Å². The van der Waals surface area contributed by atoms with Crippen molar-refractivity contribution in [1.29, 1.82) is 0 Å². The molecule has 1 N–H and O–H groups in total. The van der Waals surface area contributed by atoms with Crippen molar-refractivity contribution in [2.75, 3.05) is 11.9 Å². The average Bonchev–Trinajstić information content (AvgIpc) is 2.84. The number of nitrogens with zero attached hydrogens (tertiary/aromatic N) is 2. The molecule has 0 aliphatic heterocycles. The second-order valence-corrected chi connectivity index (χ2v) is 6.77. The summed E-state index contributed by atoms with van der Waals surface area (Å²) >= 11 is 1.33. The van der Waals surface area contributed by atoms with Crippen molar-refractivity contribution < 1.29 is 10.0 Å². The van der Waals surface area contributed by atoms with E-state index in [9.17, 15) is 15.2 Å². The lowest BCUT2D eigenvalue weighted by Crippen LogP contribution is -2.38. The second kappa shape index (κ2) is 6.10. The zero-order chi connectivity index (χ0) is 14.9. The van der Waals surface area contributed by atoms with Crippen molar-refractivity contribution in [3.63, 3.8) is 0 Å². The van der Waals surface area contributed by atoms with Gasteiger partial charge in [-0.05, 0) is 25.7 Å². The molecule has 1 saturated carbocycles. The van der Waals surface area contributed by atoms with Gasteiger partial charge in [-0.3, -0.25) is 10.1 Å². The molecule has 20 heavy (non-hydrogen) atoms. The van der Waals surface area contributed by atoms with Crippen LogP contribution >= 0.6 is 11.3 Å². The van der Waals surface area contributed by atoms with Gasteiger partial charge in [-0.2, -0.15) is 0 Å². The van der Waals surface area contributed by atoms with E-state index >= 15 is 0 Å². The van der Waals surface area contributed by atoms with Crippen LogP contribution in [0.2, 0.25) is 0 Å². The Labute approximate surface area is 123 Å². The molecule has 5 nitrogen and oxygen atoms in total. The molecule has 1 aliphatic carbocycles. The number of thiophene rings is 1. The Morgan fingerprint density at radius 1 is 1.50 bits per heavy atom. The molecule has 0 radical (unpaired) electrons. The molecule has 0 bridgehead atoms. The molecule has 3 atom stereocenters. The van der Waals surface area contributed by atoms with Gasteiger partial charge in [0.15, 0.2) is 5.00 Å². The maximum absolute atomic E-state index is 11.2. The molecule has 2 rings (SSSR count). The van der Waals surface area contributed by atoms with Crippen molar-refractivity contribution in [2.45, 2.75) is 51.7 Å². The van der Waals surface area contributed by atoms with Crippen LogP contribution in [0.5, 0.6) is 0 Å². The molecule has 0 aromatic carbocycles. The van der Waals surface area contributed by atoms with Crippen molar-refractivity contribution in [1.82, 2.24) is 0 Å². The van der Waals surface area contributed by atoms with Crippen LogP contribution in [0.1, 0.15) is 50.5 Å². The van der Waals surface area contributed by atoms with Gasteiger partial charge in [0.2, 0.25) is 0 Å². The molecule has 0 saturated heterocycles. The number of hydrogen-bond donors (Lipinski definition) is 1. The van der Waals surface area contributed by atoms with Crippen LogP contribution in [0.4, 0.5) is 10.7 Å². The van der Waals surface area contributed by atoms with Crippen molar-refractivity contribution >= 4 is 22.0 Å². The van der Waals surface area contributed by atoms with Gasteiger partial charge in [0.25, 0.3) is 0 Å². The van der Waals surface area contributed by atoms with Gasteiger partial charge in [0.05, 0.1) is 11.0 Å². The summed E-state index contributed by atoms with van der Waals surface area (Å²) in [7, 11) is 1.94. The summed E-state index contributed by atoms with van der Waals surface area (Å²) in [4.78, 5) is 13.6. The fraction of sp³-hybridized carbons (Fsp3) is 0.714. The van der Waals surface area contributed by atoms with Gasteiger partial charge in [-0.25, -0.2) is 0 Å². The number of rotatable bonds is 4. The van der Waals surface area contributed by atoms with E-state index in [0.29, 0.717) is 21.8 Å². The quantitative estimate of drug-likeness (QED) is 0.679. The highest BCUT2D eigenvalue weighted by atomic mass is 32.1. The SMILES string of the molecule is CC1CCCCC1N(C)c1sc([C@@H](C)O)cc1[N+](=O)[O-]. The largest absolute Gasteiger partial charge is 0.388 e. The monoisotopic (exact) mass is 298 g/mol. The van der Waals surface area contributed by atoms with E-state index in [2.05, 4.69) is 11.8 Å². The zero-order valence-corrected chi connectivity index (χ0v) is 13.0. The highest BCUT2D eigenvalue weighted by Crippen LogP contribution is 2.42. The molecule has 1 fully saturated rings. The lowest BCUT2D eigenvalue weighted by molar-refractivity contribution is -0.383. The Balaban J connectivity index is 2.32. The normalized spacial score (nSPS) is 24.4. The minimum absolute atomic E-state index is 0.117. The Bertz CT molecular complexity index is 487. The first-order chi connectivity index (χ1) is 9.41. The van der Waals surface area contributed by atoms with Gasteiger partial charge < -0.3 is 10.0 Å². The summed E-state index contributed by atoms with van der Waals surface area (Å²) in [6, 6.07) is 1.86. The number of anilines is 1. The number of hydrogen-bond acceptors (Lipinski definition) is 5. The Morgan fingerprint density at radius 3 is 2.70 bits per heavy atom. The molecule has 1 heterocycles. The van der Waals surface area contributed by atoms with Gasteiger partial charge in [0, 0.05) is 24.0 Å². The maximum atomic E-state index is 11.2. The van der Waals surface area contributed by atoms with Crippen LogP contribution in [0, 0.1) is 16.0 Å². The van der Waals surface area contributed by atoms with Gasteiger partial charge in [0.1, 0.15) is 0 Å². The zero-order valence-electron chi connectivity index (χ0n) is 12.2. The predicted octanol–water partition coefficient (Wildman–Crippen LogP) is 3.72. The molecule has 0 spiro atoms. The van der Waals surface area contributed by atoms with Crippen molar-refractivity contribution in [2.24, 2.45) is 5.92 Å². The molecule has 1 aliphatic rings. The number of aliphatic hydroxyl groups excluding tert-OH is 1. The van der Waals surface area contributed by atoms with E-state index in [0.717, 1.165) is 6.42 Å². The van der Waals surface area contributed by atoms with Crippen molar-refractivity contribution in [3.8, 4) is 0 Å². The highest BCUT2D eigenvalue weighted by Gasteiger charge is 2.31. The summed E-state index contributed by atoms with van der Waals surface area (Å²) in [5.74, 6) is 0.547. The summed E-state index contributed by atoms with van der Waals surface area (Å²) < 4.78 is 0. The molecular formula is C14H22N2O3S. The van der Waals surface area contributed by atoms with Crippen LogP contribution in [-0.2, 0) is 0 Å². The third-order valence-electron chi connectivity index (χ3n) is 4.21. The molecule has 6 heteroatoms. The molecule has 1 aromatic heterocycles. The van der Waals surface area contributed by atoms with Crippen LogP contribution in [0.25, 0.3) is 0 Å². The van der Waals surface area contributed by atoms with Gasteiger partial charge >= 0.3 is 5.69 Å². The smallest absolute Gasteiger partial charge is 0.304 e. The molecule has 1 aromatic rings. The van der Waals surface area contributed by atoms with E-state index in [1.54, 1.807) is 6.92 Å². The van der Waals surface area contributed by atoms with E-state index in [1.807, 2.05) is 7.05 Å². The maximum Gasteiger partial charge on any atom is 0.304 e. The summed E-state index contributed by atoms with van der Waals surface area (Å²) in [6.45, 7) is 3.86. The van der Waals surface area contributed by atoms with Gasteiger partial charge in [-0.1, -0.05) is 19.8 Å². The molecular weight excluding hydrogens is 276 g/mol. The standard InChI is InChI=1S/C14H22N2O3S/c1-9-6-4-5-7-11(9)15(3)14-12(16(18)19)8-13(20-14)10(2)17/h8-11,17H,4-7H2,1-3H3/t9?,10-,11?/m1/s1. The van der Waals surface area contributed by atoms with E-state index < -0.39 is 6.10 Å². The topological polar surface area (TPSA) is 66.6 Å². The van der Waals surface area contributed by atoms with Crippen LogP contribution < -0.4 is 4.90 Å². The first-order valence-electron chi connectivity index (χ1n) is 7.10. The summed E-state index contributed by atoms with van der Waals surface area (Å²) in [6.07, 6.45) is 4.03. The lowest BCUT2D eigenvalue weighted by atomic mass is 9.85. The minimum Gasteiger partial charge on any atom is -0.388 e. The minimum atomic E-state index is -0.662. The first kappa shape index (κ1) is 15.3. The first-order valence-corrected chi connectivity index (χ1v) is 7.92. The predicted molar refractivity (Wildman–Crippen MR) is 81.4 cm³/mol. The van der Waals surface area contributed by atoms with Gasteiger partial charge in [-0.15, -0.1) is 11.3 Å². The Morgan fingerprint density at radius 2 is 2.15 bits per heavy atom. The third-order valence-corrected chi connectivity index (χ3v) is 5.59. The molecule has 112 valence electrons. The fourth-order valence-electron chi connectivity index (χ4n) is 3.00. The van der Waals surface area contributed by atoms with Crippen LogP contribution in [0.3, 0.4) is 0 Å². The fourth-order valence-corrected chi connectivity index (χ4v) is 4.08. The summed E-state index contributed by atoms with van der Waals surface area (Å²) in [5, 5.41) is 21.6. The number of nitro groups is 1. The second-order valence-electron chi connectivity index (χ2n) is 5.71. The van der Waals surface area contributed by atoms with Crippen molar-refractivity contribution in [3.05, 3.63) is 21.1 Å². The number of aliphatic hydroxyl groups is 1. The Hall–Kier alpha value is -1.14. The van der Waals surface area contributed by atoms with E-state index in [4.69, 9.17) is 0 Å². The lowest BCUT2D eigenvalue weighted by Gasteiger charge is -2.36. The van der Waals surface area contributed by atoms with Crippen LogP contribution in [-0.4, -0.2) is 23.1 Å². The van der Waals surface area contributed by atoms with E-state index in [1.165, 1.54) is 36.7 Å². The Kier molecular flexibility index (Phi) is 4.65. The molecule has 2 unspecified atom stereocenters.